The van der Waals surface area contributed by atoms with Crippen molar-refractivity contribution in [1.82, 2.24) is 4.90 Å². The maximum absolute atomic E-state index is 10.4. The van der Waals surface area contributed by atoms with Crippen LogP contribution in [0, 0.1) is 5.92 Å². The second-order valence-electron chi connectivity index (χ2n) is 4.51. The van der Waals surface area contributed by atoms with Gasteiger partial charge in [-0.3, -0.25) is 0 Å². The molecule has 0 aromatic heterocycles. The predicted octanol–water partition coefficient (Wildman–Crippen LogP) is 3.09. The van der Waals surface area contributed by atoms with Crippen molar-refractivity contribution >= 4 is 0 Å². The Bertz CT molecular complexity index is 295. The van der Waals surface area contributed by atoms with Gasteiger partial charge in [-0.2, -0.15) is 0 Å². The highest BCUT2D eigenvalue weighted by molar-refractivity contribution is 5.18. The van der Waals surface area contributed by atoms with Crippen LogP contribution in [-0.2, 0) is 0 Å². The van der Waals surface area contributed by atoms with Gasteiger partial charge in [0.2, 0.25) is 0 Å². The monoisotopic (exact) mass is 235 g/mol. The van der Waals surface area contributed by atoms with Gasteiger partial charge < -0.3 is 10.0 Å². The van der Waals surface area contributed by atoms with E-state index in [1.807, 2.05) is 30.3 Å². The third-order valence-electron chi connectivity index (χ3n) is 3.50. The van der Waals surface area contributed by atoms with E-state index in [1.165, 1.54) is 0 Å². The summed E-state index contributed by atoms with van der Waals surface area (Å²) in [6.07, 6.45) is 0.661. The summed E-state index contributed by atoms with van der Waals surface area (Å²) in [6, 6.07) is 9.98. The highest BCUT2D eigenvalue weighted by Crippen LogP contribution is 2.25. The average Bonchev–Trinajstić information content (AvgIpc) is 2.40. The zero-order valence-electron chi connectivity index (χ0n) is 11.3. The molecule has 0 saturated carbocycles. The van der Waals surface area contributed by atoms with Gasteiger partial charge in [0.15, 0.2) is 0 Å². The Morgan fingerprint density at radius 2 is 1.65 bits per heavy atom. The van der Waals surface area contributed by atoms with Crippen LogP contribution in [0.5, 0.6) is 0 Å². The maximum atomic E-state index is 10.4. The smallest absolute Gasteiger partial charge is 0.0830 e. The summed E-state index contributed by atoms with van der Waals surface area (Å²) < 4.78 is 0. The van der Waals surface area contributed by atoms with Crippen LogP contribution < -0.4 is 0 Å². The standard InChI is InChI=1S/C15H25NO/c1-4-13(12-16(5-2)6-3)15(17)14-10-8-7-9-11-14/h7-11,13,15,17H,4-6,12H2,1-3H3/t13-,15+/m0/s1. The van der Waals surface area contributed by atoms with Crippen molar-refractivity contribution in [3.63, 3.8) is 0 Å². The van der Waals surface area contributed by atoms with E-state index in [1.54, 1.807) is 0 Å². The second-order valence-corrected chi connectivity index (χ2v) is 4.51. The molecule has 2 atom stereocenters. The molecule has 0 unspecified atom stereocenters. The molecule has 2 nitrogen and oxygen atoms in total. The summed E-state index contributed by atoms with van der Waals surface area (Å²) in [4.78, 5) is 2.38. The first kappa shape index (κ1) is 14.2. The normalized spacial score (nSPS) is 14.9. The lowest BCUT2D eigenvalue weighted by molar-refractivity contribution is 0.0790. The molecule has 0 heterocycles. The Hall–Kier alpha value is -0.860. The van der Waals surface area contributed by atoms with Crippen molar-refractivity contribution in [1.29, 1.82) is 0 Å². The van der Waals surface area contributed by atoms with Crippen molar-refractivity contribution in [2.75, 3.05) is 19.6 Å². The van der Waals surface area contributed by atoms with Crippen LogP contribution in [0.4, 0.5) is 0 Å². The number of aliphatic hydroxyl groups is 1. The van der Waals surface area contributed by atoms with Crippen LogP contribution in [0.2, 0.25) is 0 Å². The van der Waals surface area contributed by atoms with Gasteiger partial charge >= 0.3 is 0 Å². The van der Waals surface area contributed by atoms with Gasteiger partial charge in [0, 0.05) is 12.5 Å². The maximum Gasteiger partial charge on any atom is 0.0830 e. The molecule has 0 amide bonds. The quantitative estimate of drug-likeness (QED) is 0.785. The Balaban J connectivity index is 2.67. The Labute approximate surface area is 105 Å². The fourth-order valence-corrected chi connectivity index (χ4v) is 2.19. The van der Waals surface area contributed by atoms with E-state index in [4.69, 9.17) is 0 Å². The summed E-state index contributed by atoms with van der Waals surface area (Å²) >= 11 is 0. The summed E-state index contributed by atoms with van der Waals surface area (Å²) in [7, 11) is 0. The van der Waals surface area contributed by atoms with E-state index in [-0.39, 0.29) is 6.10 Å². The van der Waals surface area contributed by atoms with E-state index >= 15 is 0 Å². The Kier molecular flexibility index (Phi) is 6.23. The third kappa shape index (κ3) is 4.14. The molecule has 0 fully saturated rings. The molecule has 0 radical (unpaired) electrons. The third-order valence-corrected chi connectivity index (χ3v) is 3.50. The number of hydrogen-bond acceptors (Lipinski definition) is 2. The Morgan fingerprint density at radius 3 is 2.12 bits per heavy atom. The summed E-state index contributed by atoms with van der Waals surface area (Å²) in [5, 5.41) is 10.4. The highest BCUT2D eigenvalue weighted by atomic mass is 16.3. The Morgan fingerprint density at radius 1 is 1.06 bits per heavy atom. The zero-order valence-corrected chi connectivity index (χ0v) is 11.3. The molecule has 0 saturated heterocycles. The summed E-state index contributed by atoms with van der Waals surface area (Å²) in [5.74, 6) is 0.317. The molecular weight excluding hydrogens is 210 g/mol. The number of benzene rings is 1. The van der Waals surface area contributed by atoms with Gasteiger partial charge in [-0.05, 0) is 25.1 Å². The number of rotatable bonds is 7. The molecule has 1 aromatic rings. The SMILES string of the molecule is CC[C@@H](CN(CC)CC)[C@@H](O)c1ccccc1. The van der Waals surface area contributed by atoms with Crippen LogP contribution >= 0.6 is 0 Å². The minimum Gasteiger partial charge on any atom is -0.388 e. The first-order valence-electron chi connectivity index (χ1n) is 6.68. The summed E-state index contributed by atoms with van der Waals surface area (Å²) in [6.45, 7) is 9.57. The van der Waals surface area contributed by atoms with E-state index in [0.29, 0.717) is 5.92 Å². The van der Waals surface area contributed by atoms with Crippen molar-refractivity contribution in [3.05, 3.63) is 35.9 Å². The van der Waals surface area contributed by atoms with Crippen molar-refractivity contribution in [3.8, 4) is 0 Å². The van der Waals surface area contributed by atoms with Crippen molar-refractivity contribution in [2.24, 2.45) is 5.92 Å². The van der Waals surface area contributed by atoms with Crippen molar-refractivity contribution in [2.45, 2.75) is 33.3 Å². The lowest BCUT2D eigenvalue weighted by atomic mass is 9.93. The van der Waals surface area contributed by atoms with Crippen molar-refractivity contribution < 1.29 is 5.11 Å². The average molecular weight is 235 g/mol. The van der Waals surface area contributed by atoms with E-state index in [2.05, 4.69) is 25.7 Å². The molecule has 17 heavy (non-hydrogen) atoms. The molecule has 0 aliphatic carbocycles. The van der Waals surface area contributed by atoms with Gasteiger partial charge in [-0.15, -0.1) is 0 Å². The van der Waals surface area contributed by atoms with Crippen LogP contribution in [0.25, 0.3) is 0 Å². The number of aliphatic hydroxyl groups excluding tert-OH is 1. The van der Waals surface area contributed by atoms with Crippen LogP contribution in [0.1, 0.15) is 38.9 Å². The molecular formula is C15H25NO. The highest BCUT2D eigenvalue weighted by Gasteiger charge is 2.20. The fraction of sp³-hybridized carbons (Fsp3) is 0.600. The van der Waals surface area contributed by atoms with Gasteiger partial charge in [0.05, 0.1) is 6.10 Å². The lowest BCUT2D eigenvalue weighted by Gasteiger charge is -2.28. The molecule has 0 aliphatic rings. The minimum atomic E-state index is -0.346. The number of hydrogen-bond donors (Lipinski definition) is 1. The van der Waals surface area contributed by atoms with E-state index in [0.717, 1.165) is 31.6 Å². The largest absolute Gasteiger partial charge is 0.388 e. The first-order valence-corrected chi connectivity index (χ1v) is 6.68. The van der Waals surface area contributed by atoms with Gasteiger partial charge in [0.1, 0.15) is 0 Å². The molecule has 0 bridgehead atoms. The second kappa shape index (κ2) is 7.46. The lowest BCUT2D eigenvalue weighted by Crippen LogP contribution is -2.31. The van der Waals surface area contributed by atoms with Gasteiger partial charge in [0.25, 0.3) is 0 Å². The zero-order chi connectivity index (χ0) is 12.7. The topological polar surface area (TPSA) is 23.5 Å². The summed E-state index contributed by atoms with van der Waals surface area (Å²) in [5.41, 5.74) is 1.03. The van der Waals surface area contributed by atoms with Crippen LogP contribution in [0.3, 0.4) is 0 Å². The van der Waals surface area contributed by atoms with Crippen LogP contribution in [0.15, 0.2) is 30.3 Å². The van der Waals surface area contributed by atoms with E-state index < -0.39 is 0 Å². The molecule has 0 aliphatic heterocycles. The molecule has 96 valence electrons. The number of nitrogens with zero attached hydrogens (tertiary/aromatic N) is 1. The van der Waals surface area contributed by atoms with Gasteiger partial charge in [-0.25, -0.2) is 0 Å². The fourth-order valence-electron chi connectivity index (χ4n) is 2.19. The van der Waals surface area contributed by atoms with Gasteiger partial charge in [-0.1, -0.05) is 51.1 Å². The predicted molar refractivity (Wildman–Crippen MR) is 73.0 cm³/mol. The first-order chi connectivity index (χ1) is 8.22. The minimum absolute atomic E-state index is 0.317. The molecule has 1 aromatic carbocycles. The van der Waals surface area contributed by atoms with Crippen LogP contribution in [-0.4, -0.2) is 29.6 Å². The molecule has 1 N–H and O–H groups in total. The van der Waals surface area contributed by atoms with E-state index in [9.17, 15) is 5.11 Å². The molecule has 2 heteroatoms. The molecule has 1 rings (SSSR count). The molecule has 0 spiro atoms.